The number of carbonyl (C=O) groups excluding carboxylic acids is 1. The summed E-state index contributed by atoms with van der Waals surface area (Å²) in [6, 6.07) is 0. The number of esters is 1. The number of carbonyl (C=O) groups is 2. The van der Waals surface area contributed by atoms with Gasteiger partial charge in [0.1, 0.15) is 0 Å². The molecule has 0 saturated carbocycles. The van der Waals surface area contributed by atoms with Crippen LogP contribution in [-0.4, -0.2) is 35.4 Å². The second-order valence-corrected chi connectivity index (χ2v) is 4.09. The van der Waals surface area contributed by atoms with E-state index < -0.39 is 23.1 Å². The predicted octanol–water partition coefficient (Wildman–Crippen LogP) is 0.572. The molecule has 1 N–H and O–H groups in total. The lowest BCUT2D eigenvalue weighted by molar-refractivity contribution is -0.260. The summed E-state index contributed by atoms with van der Waals surface area (Å²) < 4.78 is 9.67. The zero-order valence-corrected chi connectivity index (χ0v) is 8.49. The lowest BCUT2D eigenvalue weighted by Crippen LogP contribution is -2.62. The molecule has 1 aliphatic heterocycles. The lowest BCUT2D eigenvalue weighted by Gasteiger charge is -2.49. The zero-order chi connectivity index (χ0) is 11.0. The number of hydrogen-bond donors (Lipinski definition) is 1. The van der Waals surface area contributed by atoms with Crippen LogP contribution in [0.1, 0.15) is 26.7 Å². The van der Waals surface area contributed by atoms with E-state index in [1.54, 1.807) is 13.8 Å². The van der Waals surface area contributed by atoms with Crippen molar-refractivity contribution in [2.75, 3.05) is 7.11 Å². The van der Waals surface area contributed by atoms with Crippen LogP contribution in [0.3, 0.4) is 0 Å². The van der Waals surface area contributed by atoms with E-state index in [1.807, 2.05) is 0 Å². The first-order chi connectivity index (χ1) is 6.31. The Labute approximate surface area is 82.0 Å². The van der Waals surface area contributed by atoms with Gasteiger partial charge in [-0.25, -0.2) is 4.79 Å². The fourth-order valence-corrected chi connectivity index (χ4v) is 1.81. The highest BCUT2D eigenvalue weighted by Crippen LogP contribution is 2.43. The minimum atomic E-state index is -1.38. The normalized spacial score (nSPS) is 29.1. The lowest BCUT2D eigenvalue weighted by atomic mass is 9.79. The third-order valence-corrected chi connectivity index (χ3v) is 2.23. The second kappa shape index (κ2) is 3.24. The van der Waals surface area contributed by atoms with Gasteiger partial charge in [0, 0.05) is 6.42 Å². The van der Waals surface area contributed by atoms with Crippen molar-refractivity contribution < 1.29 is 24.2 Å². The van der Waals surface area contributed by atoms with E-state index in [2.05, 4.69) is 4.74 Å². The fraction of sp³-hybridized carbons (Fsp3) is 0.778. The molecule has 0 aromatic heterocycles. The average Bonchev–Trinajstić information content (AvgIpc) is 2.00. The Balaban J connectivity index is 2.68. The number of aliphatic carboxylic acids is 1. The molecule has 1 rings (SSSR count). The maximum atomic E-state index is 11.0. The van der Waals surface area contributed by atoms with Crippen LogP contribution in [0.4, 0.5) is 0 Å². The van der Waals surface area contributed by atoms with Gasteiger partial charge < -0.3 is 14.6 Å². The number of methoxy groups -OCH3 is 1. The van der Waals surface area contributed by atoms with Gasteiger partial charge in [-0.15, -0.1) is 0 Å². The minimum absolute atomic E-state index is 0.234. The Kier molecular flexibility index (Phi) is 2.54. The van der Waals surface area contributed by atoms with E-state index in [0.29, 0.717) is 6.42 Å². The summed E-state index contributed by atoms with van der Waals surface area (Å²) in [6.07, 6.45) is 0.0900. The first-order valence-corrected chi connectivity index (χ1v) is 4.32. The van der Waals surface area contributed by atoms with Gasteiger partial charge in [-0.3, -0.25) is 4.79 Å². The summed E-state index contributed by atoms with van der Waals surface area (Å²) in [5.74, 6) is -1.68. The number of carboxylic acids is 1. The minimum Gasteiger partial charge on any atom is -0.479 e. The van der Waals surface area contributed by atoms with Crippen molar-refractivity contribution in [3.05, 3.63) is 0 Å². The molecule has 80 valence electrons. The molecule has 1 heterocycles. The Hall–Kier alpha value is -1.10. The number of ether oxygens (including phenoxy) is 2. The van der Waals surface area contributed by atoms with Crippen LogP contribution < -0.4 is 0 Å². The highest BCUT2D eigenvalue weighted by Gasteiger charge is 2.57. The number of carboxylic acid groups (broad SMARTS) is 1. The van der Waals surface area contributed by atoms with Crippen LogP contribution in [0.25, 0.3) is 0 Å². The molecule has 0 aromatic rings. The SMILES string of the molecule is COC(=O)C[C@@]1(C(=O)O)CC(C)(C)O1. The molecule has 0 unspecified atom stereocenters. The molecular formula is C9H14O5. The van der Waals surface area contributed by atoms with Crippen molar-refractivity contribution in [1.82, 2.24) is 0 Å². The topological polar surface area (TPSA) is 72.8 Å². The molecule has 1 aliphatic rings. The summed E-state index contributed by atoms with van der Waals surface area (Å²) in [5.41, 5.74) is -1.84. The van der Waals surface area contributed by atoms with Crippen LogP contribution in [-0.2, 0) is 19.1 Å². The largest absolute Gasteiger partial charge is 0.479 e. The third-order valence-electron chi connectivity index (χ3n) is 2.23. The number of rotatable bonds is 3. The molecule has 5 heteroatoms. The maximum absolute atomic E-state index is 11.0. The molecular weight excluding hydrogens is 188 g/mol. The van der Waals surface area contributed by atoms with E-state index in [4.69, 9.17) is 9.84 Å². The third kappa shape index (κ3) is 1.87. The smallest absolute Gasteiger partial charge is 0.336 e. The molecule has 1 saturated heterocycles. The highest BCUT2D eigenvalue weighted by atomic mass is 16.6. The van der Waals surface area contributed by atoms with Gasteiger partial charge in [0.2, 0.25) is 0 Å². The summed E-state index contributed by atoms with van der Waals surface area (Å²) >= 11 is 0. The van der Waals surface area contributed by atoms with Gasteiger partial charge in [0.05, 0.1) is 19.1 Å². The van der Waals surface area contributed by atoms with Crippen molar-refractivity contribution in [1.29, 1.82) is 0 Å². The average molecular weight is 202 g/mol. The first kappa shape index (κ1) is 11.0. The van der Waals surface area contributed by atoms with Gasteiger partial charge in [-0.05, 0) is 13.8 Å². The van der Waals surface area contributed by atoms with Crippen LogP contribution in [0.5, 0.6) is 0 Å². The van der Waals surface area contributed by atoms with Gasteiger partial charge in [-0.1, -0.05) is 0 Å². The molecule has 1 atom stereocenters. The van der Waals surface area contributed by atoms with Gasteiger partial charge in [0.15, 0.2) is 5.60 Å². The Bertz CT molecular complexity index is 260. The van der Waals surface area contributed by atoms with Crippen LogP contribution >= 0.6 is 0 Å². The summed E-state index contributed by atoms with van der Waals surface area (Å²) in [4.78, 5) is 21.9. The molecule has 0 spiro atoms. The number of hydrogen-bond acceptors (Lipinski definition) is 4. The standard InChI is InChI=1S/C9H14O5/c1-8(2)5-9(14-8,7(11)12)4-6(10)13-3/h4-5H2,1-3H3,(H,11,12)/t9-/m0/s1. The zero-order valence-electron chi connectivity index (χ0n) is 8.49. The van der Waals surface area contributed by atoms with Crippen molar-refractivity contribution in [3.8, 4) is 0 Å². The summed E-state index contributed by atoms with van der Waals surface area (Å²) in [5, 5.41) is 8.93. The monoisotopic (exact) mass is 202 g/mol. The van der Waals surface area contributed by atoms with E-state index in [-0.39, 0.29) is 6.42 Å². The molecule has 0 bridgehead atoms. The van der Waals surface area contributed by atoms with Crippen LogP contribution in [0, 0.1) is 0 Å². The quantitative estimate of drug-likeness (QED) is 0.677. The van der Waals surface area contributed by atoms with Crippen molar-refractivity contribution in [2.24, 2.45) is 0 Å². The predicted molar refractivity (Wildman–Crippen MR) is 46.8 cm³/mol. The van der Waals surface area contributed by atoms with Crippen molar-refractivity contribution >= 4 is 11.9 Å². The van der Waals surface area contributed by atoms with Crippen LogP contribution in [0.15, 0.2) is 0 Å². The van der Waals surface area contributed by atoms with Gasteiger partial charge in [-0.2, -0.15) is 0 Å². The molecule has 14 heavy (non-hydrogen) atoms. The van der Waals surface area contributed by atoms with E-state index >= 15 is 0 Å². The van der Waals surface area contributed by atoms with E-state index in [0.717, 1.165) is 0 Å². The van der Waals surface area contributed by atoms with E-state index in [1.165, 1.54) is 7.11 Å². The second-order valence-electron chi connectivity index (χ2n) is 4.09. The Morgan fingerprint density at radius 3 is 2.29 bits per heavy atom. The van der Waals surface area contributed by atoms with E-state index in [9.17, 15) is 9.59 Å². The molecule has 0 amide bonds. The first-order valence-electron chi connectivity index (χ1n) is 4.32. The van der Waals surface area contributed by atoms with Crippen molar-refractivity contribution in [3.63, 3.8) is 0 Å². The highest BCUT2D eigenvalue weighted by molar-refractivity contribution is 5.85. The van der Waals surface area contributed by atoms with Crippen molar-refractivity contribution in [2.45, 2.75) is 37.9 Å². The molecule has 0 aromatic carbocycles. The molecule has 5 nitrogen and oxygen atoms in total. The Morgan fingerprint density at radius 1 is 1.50 bits per heavy atom. The molecule has 1 fully saturated rings. The molecule has 0 aliphatic carbocycles. The summed E-state index contributed by atoms with van der Waals surface area (Å²) in [7, 11) is 1.22. The van der Waals surface area contributed by atoms with Gasteiger partial charge >= 0.3 is 11.9 Å². The van der Waals surface area contributed by atoms with Gasteiger partial charge in [0.25, 0.3) is 0 Å². The van der Waals surface area contributed by atoms with Crippen LogP contribution in [0.2, 0.25) is 0 Å². The molecule has 0 radical (unpaired) electrons. The maximum Gasteiger partial charge on any atom is 0.336 e. The Morgan fingerprint density at radius 2 is 2.00 bits per heavy atom. The summed E-state index contributed by atoms with van der Waals surface area (Å²) in [6.45, 7) is 3.57. The fourth-order valence-electron chi connectivity index (χ4n) is 1.81.